The number of hydrogen-bond acceptors (Lipinski definition) is 6. The fourth-order valence-electron chi connectivity index (χ4n) is 4.64. The second-order valence-electron chi connectivity index (χ2n) is 8.91. The minimum atomic E-state index is -1.49. The molecule has 38 heavy (non-hydrogen) atoms. The molecule has 0 bridgehead atoms. The Morgan fingerprint density at radius 3 is 2.11 bits per heavy atom. The summed E-state index contributed by atoms with van der Waals surface area (Å²) in [6, 6.07) is 27.0. The highest BCUT2D eigenvalue weighted by molar-refractivity contribution is 8.04. The molecule has 1 saturated heterocycles. The zero-order valence-electron chi connectivity index (χ0n) is 20.6. The molecule has 9 heteroatoms. The van der Waals surface area contributed by atoms with Crippen LogP contribution in [0.1, 0.15) is 22.8 Å². The lowest BCUT2D eigenvalue weighted by Crippen LogP contribution is -2.74. The second kappa shape index (κ2) is 11.5. The first-order valence-electron chi connectivity index (χ1n) is 12.1. The lowest BCUT2D eigenvalue weighted by molar-refractivity contribution is -0.154. The highest BCUT2D eigenvalue weighted by atomic mass is 32.2. The molecule has 2 amide bonds. The maximum atomic E-state index is 13.7. The summed E-state index contributed by atoms with van der Waals surface area (Å²) < 4.78 is 19.2. The summed E-state index contributed by atoms with van der Waals surface area (Å²) in [7, 11) is 0. The highest BCUT2D eigenvalue weighted by Crippen LogP contribution is 2.41. The van der Waals surface area contributed by atoms with E-state index >= 15 is 0 Å². The van der Waals surface area contributed by atoms with Crippen molar-refractivity contribution in [2.75, 3.05) is 12.0 Å². The highest BCUT2D eigenvalue weighted by Gasteiger charge is 2.61. The van der Waals surface area contributed by atoms with E-state index in [1.807, 2.05) is 91.0 Å². The smallest absolute Gasteiger partial charge is 0.357 e. The SMILES string of the molecule is CSC1=C(C(=O)OC(c2ccccc2)c2ccccc2)N2C(=O)C(NC(=O)Cc3ccccc3)[C@H]2[S+]([O-])C1. The lowest BCUT2D eigenvalue weighted by atomic mass is 10.0. The van der Waals surface area contributed by atoms with Gasteiger partial charge >= 0.3 is 5.97 Å². The molecule has 2 aliphatic rings. The van der Waals surface area contributed by atoms with E-state index in [9.17, 15) is 18.9 Å². The first-order chi connectivity index (χ1) is 18.5. The summed E-state index contributed by atoms with van der Waals surface area (Å²) in [5.74, 6) is -1.38. The number of thioether (sulfide) groups is 1. The van der Waals surface area contributed by atoms with Crippen molar-refractivity contribution in [2.24, 2.45) is 0 Å². The van der Waals surface area contributed by atoms with E-state index in [4.69, 9.17) is 4.74 Å². The molecule has 3 aromatic rings. The number of rotatable bonds is 8. The van der Waals surface area contributed by atoms with Crippen molar-refractivity contribution >= 4 is 40.7 Å². The van der Waals surface area contributed by atoms with E-state index in [1.165, 1.54) is 16.7 Å². The largest absolute Gasteiger partial charge is 0.614 e. The minimum absolute atomic E-state index is 0.0949. The molecule has 0 saturated carbocycles. The molecule has 194 valence electrons. The van der Waals surface area contributed by atoms with E-state index in [2.05, 4.69) is 5.32 Å². The summed E-state index contributed by atoms with van der Waals surface area (Å²) in [6.07, 6.45) is 1.18. The Morgan fingerprint density at radius 2 is 1.55 bits per heavy atom. The molecule has 0 aliphatic carbocycles. The predicted octanol–water partition coefficient (Wildman–Crippen LogP) is 3.55. The van der Waals surface area contributed by atoms with Crippen LogP contribution in [-0.2, 0) is 36.7 Å². The molecule has 2 aliphatic heterocycles. The summed E-state index contributed by atoms with van der Waals surface area (Å²) >= 11 is -0.222. The molecular weight excluding hydrogens is 520 g/mol. The second-order valence-corrected chi connectivity index (χ2v) is 11.3. The Balaban J connectivity index is 1.38. The van der Waals surface area contributed by atoms with Gasteiger partial charge in [-0.25, -0.2) is 4.79 Å². The van der Waals surface area contributed by atoms with Crippen molar-refractivity contribution in [3.63, 3.8) is 0 Å². The van der Waals surface area contributed by atoms with Crippen molar-refractivity contribution in [3.8, 4) is 0 Å². The van der Waals surface area contributed by atoms with Crippen molar-refractivity contribution in [3.05, 3.63) is 118 Å². The van der Waals surface area contributed by atoms with E-state index < -0.39 is 40.6 Å². The summed E-state index contributed by atoms with van der Waals surface area (Å²) in [5.41, 5.74) is 2.48. The average Bonchev–Trinajstić information content (AvgIpc) is 2.95. The van der Waals surface area contributed by atoms with Gasteiger partial charge in [0.05, 0.1) is 11.3 Å². The molecule has 2 unspecified atom stereocenters. The molecule has 3 atom stereocenters. The first-order valence-corrected chi connectivity index (χ1v) is 14.7. The number of fused-ring (bicyclic) bond motifs is 1. The Bertz CT molecular complexity index is 1310. The zero-order valence-corrected chi connectivity index (χ0v) is 22.2. The number of benzene rings is 3. The number of nitrogens with zero attached hydrogens (tertiary/aromatic N) is 1. The maximum Gasteiger partial charge on any atom is 0.357 e. The number of hydrogen-bond donors (Lipinski definition) is 1. The van der Waals surface area contributed by atoms with E-state index in [0.717, 1.165) is 16.7 Å². The maximum absolute atomic E-state index is 13.7. The summed E-state index contributed by atoms with van der Waals surface area (Å²) in [5, 5.41) is 1.90. The van der Waals surface area contributed by atoms with Crippen LogP contribution in [-0.4, -0.2) is 50.7 Å². The predicted molar refractivity (Wildman–Crippen MR) is 147 cm³/mol. The Morgan fingerprint density at radius 1 is 1.00 bits per heavy atom. The number of carbonyl (C=O) groups excluding carboxylic acids is 3. The van der Waals surface area contributed by atoms with Crippen molar-refractivity contribution < 1.29 is 23.7 Å². The van der Waals surface area contributed by atoms with Gasteiger partial charge < -0.3 is 14.6 Å². The monoisotopic (exact) mass is 546 g/mol. The van der Waals surface area contributed by atoms with Gasteiger partial charge in [-0.15, -0.1) is 11.8 Å². The molecule has 0 radical (unpaired) electrons. The van der Waals surface area contributed by atoms with Gasteiger partial charge in [0, 0.05) is 0 Å². The van der Waals surface area contributed by atoms with Crippen molar-refractivity contribution in [2.45, 2.75) is 23.9 Å². The molecule has 1 fully saturated rings. The van der Waals surface area contributed by atoms with Gasteiger partial charge in [0.25, 0.3) is 5.91 Å². The molecule has 7 nitrogen and oxygen atoms in total. The molecule has 0 aromatic heterocycles. The summed E-state index contributed by atoms with van der Waals surface area (Å²) in [6.45, 7) is 0. The van der Waals surface area contributed by atoms with Crippen LogP contribution in [0.25, 0.3) is 0 Å². The molecule has 0 spiro atoms. The number of amides is 2. The van der Waals surface area contributed by atoms with E-state index in [-0.39, 0.29) is 23.8 Å². The fourth-order valence-corrected chi connectivity index (χ4v) is 7.34. The number of β-lactam (4-membered cyclic amide) rings is 1. The Hall–Kier alpha value is -3.53. The third-order valence-corrected chi connectivity index (χ3v) is 9.09. The Kier molecular flexibility index (Phi) is 7.87. The van der Waals surface area contributed by atoms with Gasteiger partial charge in [-0.2, -0.15) is 0 Å². The molecule has 3 aromatic carbocycles. The normalized spacial score (nSPS) is 20.6. The van der Waals surface area contributed by atoms with Gasteiger partial charge in [0.15, 0.2) is 12.1 Å². The number of ether oxygens (including phenoxy) is 1. The number of esters is 1. The van der Waals surface area contributed by atoms with Gasteiger partial charge in [-0.3, -0.25) is 14.5 Å². The van der Waals surface area contributed by atoms with Crippen LogP contribution in [0.3, 0.4) is 0 Å². The molecule has 5 rings (SSSR count). The standard InChI is InChI=1S/C29H26N2O5S2/c1-37-22-18-38(35)28-24(30-23(32)17-19-11-5-2-6-12-19)27(33)31(28)25(22)29(34)36-26(20-13-7-3-8-14-20)21-15-9-4-10-16-21/h2-16,24,26,28H,17-18H2,1H3,(H,30,32)/t24?,28-,38?/m1/s1. The molecular formula is C29H26N2O5S2. The van der Waals surface area contributed by atoms with Crippen LogP contribution in [0.15, 0.2) is 102 Å². The average molecular weight is 547 g/mol. The first kappa shape index (κ1) is 26.1. The van der Waals surface area contributed by atoms with Crippen LogP contribution < -0.4 is 5.32 Å². The minimum Gasteiger partial charge on any atom is -0.614 e. The number of nitrogens with one attached hydrogen (secondary N) is 1. The molecule has 1 N–H and O–H groups in total. The van der Waals surface area contributed by atoms with E-state index in [0.29, 0.717) is 4.91 Å². The van der Waals surface area contributed by atoms with E-state index in [1.54, 1.807) is 6.26 Å². The molecule has 2 heterocycles. The van der Waals surface area contributed by atoms with Crippen LogP contribution in [0, 0.1) is 0 Å². The van der Waals surface area contributed by atoms with Crippen molar-refractivity contribution in [1.82, 2.24) is 10.2 Å². The van der Waals surface area contributed by atoms with Crippen LogP contribution in [0.4, 0.5) is 0 Å². The van der Waals surface area contributed by atoms with Crippen molar-refractivity contribution in [1.29, 1.82) is 0 Å². The third kappa shape index (κ3) is 5.22. The van der Waals surface area contributed by atoms with Gasteiger partial charge in [-0.05, 0) is 34.1 Å². The van der Waals surface area contributed by atoms with Crippen LogP contribution in [0.5, 0.6) is 0 Å². The Labute approximate surface area is 228 Å². The van der Waals surface area contributed by atoms with Gasteiger partial charge in [-0.1, -0.05) is 91.0 Å². The van der Waals surface area contributed by atoms with Gasteiger partial charge in [0.1, 0.15) is 11.4 Å². The van der Waals surface area contributed by atoms with Crippen LogP contribution >= 0.6 is 11.8 Å². The third-order valence-electron chi connectivity index (χ3n) is 6.48. The zero-order chi connectivity index (χ0) is 26.6. The van der Waals surface area contributed by atoms with Crippen LogP contribution in [0.2, 0.25) is 0 Å². The van der Waals surface area contributed by atoms with Gasteiger partial charge in [0.2, 0.25) is 11.3 Å². The topological polar surface area (TPSA) is 98.8 Å². The lowest BCUT2D eigenvalue weighted by Gasteiger charge is -2.49. The fraction of sp³-hybridized carbons (Fsp3) is 0.207. The number of carbonyl (C=O) groups is 3. The quantitative estimate of drug-likeness (QED) is 0.264. The summed E-state index contributed by atoms with van der Waals surface area (Å²) in [4.78, 5) is 41.3.